The first-order chi connectivity index (χ1) is 15.7. The van der Waals surface area contributed by atoms with Crippen LogP contribution in [0.3, 0.4) is 0 Å². The van der Waals surface area contributed by atoms with Crippen molar-refractivity contribution in [1.82, 2.24) is 24.9 Å². The van der Waals surface area contributed by atoms with Gasteiger partial charge in [-0.3, -0.25) is 0 Å². The number of ether oxygens (including phenoxy) is 1. The van der Waals surface area contributed by atoms with Crippen LogP contribution in [0, 0.1) is 6.92 Å². The number of nitrogens with one attached hydrogen (secondary N) is 4. The zero-order valence-electron chi connectivity index (χ0n) is 17.5. The Morgan fingerprint density at radius 3 is 2.59 bits per heavy atom. The molecule has 0 aliphatic carbocycles. The van der Waals surface area contributed by atoms with Crippen molar-refractivity contribution in [3.05, 3.63) is 73.1 Å². The number of H-pyrrole nitrogens is 2. The van der Waals surface area contributed by atoms with Crippen molar-refractivity contribution >= 4 is 34.0 Å². The van der Waals surface area contributed by atoms with Crippen LogP contribution in [0.15, 0.2) is 67.3 Å². The van der Waals surface area contributed by atoms with Gasteiger partial charge in [0.15, 0.2) is 11.8 Å². The number of para-hydroxylation sites is 1. The Labute approximate surface area is 184 Å². The molecular formula is C23H21N8O+. The van der Waals surface area contributed by atoms with Crippen LogP contribution in [0.5, 0.6) is 5.88 Å². The number of aromatic amines is 2. The minimum atomic E-state index is 0.609. The molecule has 4 aromatic heterocycles. The second-order valence-corrected chi connectivity index (χ2v) is 7.10. The van der Waals surface area contributed by atoms with E-state index in [-0.39, 0.29) is 0 Å². The lowest BCUT2D eigenvalue weighted by molar-refractivity contribution is -0.392. The van der Waals surface area contributed by atoms with Crippen LogP contribution in [0.2, 0.25) is 0 Å². The summed E-state index contributed by atoms with van der Waals surface area (Å²) < 4.78 is 5.20. The fourth-order valence-electron chi connectivity index (χ4n) is 3.39. The fourth-order valence-corrected chi connectivity index (χ4v) is 3.39. The highest BCUT2D eigenvalue weighted by molar-refractivity contribution is 5.92. The van der Waals surface area contributed by atoms with Crippen LogP contribution in [0.4, 0.5) is 22.9 Å². The lowest BCUT2D eigenvalue weighted by atomic mass is 10.1. The third-order valence-corrected chi connectivity index (χ3v) is 4.87. The van der Waals surface area contributed by atoms with Crippen molar-refractivity contribution in [1.29, 1.82) is 0 Å². The number of hydrogen-bond acceptors (Lipinski definition) is 7. The molecule has 0 aliphatic heterocycles. The summed E-state index contributed by atoms with van der Waals surface area (Å²) in [5.74, 6) is 1.94. The van der Waals surface area contributed by atoms with Gasteiger partial charge in [-0.05, 0) is 31.2 Å². The second-order valence-electron chi connectivity index (χ2n) is 7.10. The van der Waals surface area contributed by atoms with Crippen LogP contribution >= 0.6 is 0 Å². The Morgan fingerprint density at radius 2 is 1.81 bits per heavy atom. The van der Waals surface area contributed by atoms with E-state index < -0.39 is 0 Å². The molecule has 0 amide bonds. The van der Waals surface area contributed by atoms with Crippen LogP contribution in [0.1, 0.15) is 5.82 Å². The van der Waals surface area contributed by atoms with Crippen LogP contribution in [0.25, 0.3) is 22.4 Å². The van der Waals surface area contributed by atoms with Crippen molar-refractivity contribution in [3.63, 3.8) is 0 Å². The van der Waals surface area contributed by atoms with Gasteiger partial charge < -0.3 is 20.4 Å². The first kappa shape index (κ1) is 19.4. The number of rotatable bonds is 6. The van der Waals surface area contributed by atoms with Gasteiger partial charge >= 0.3 is 5.88 Å². The maximum Gasteiger partial charge on any atom is 0.365 e. The summed E-state index contributed by atoms with van der Waals surface area (Å²) in [5, 5.41) is 6.76. The number of aryl methyl sites for hydroxylation is 1. The summed E-state index contributed by atoms with van der Waals surface area (Å²) in [6.07, 6.45) is 5.22. The average Bonchev–Trinajstić information content (AvgIpc) is 3.29. The van der Waals surface area contributed by atoms with E-state index >= 15 is 0 Å². The Kier molecular flexibility index (Phi) is 5.04. The highest BCUT2D eigenvalue weighted by atomic mass is 16.5. The van der Waals surface area contributed by atoms with Crippen LogP contribution in [-0.4, -0.2) is 32.0 Å². The summed E-state index contributed by atoms with van der Waals surface area (Å²) in [4.78, 5) is 24.4. The quantitative estimate of drug-likeness (QED) is 0.376. The molecule has 1 aromatic carbocycles. The van der Waals surface area contributed by atoms with Gasteiger partial charge in [-0.1, -0.05) is 18.2 Å². The Morgan fingerprint density at radius 1 is 0.938 bits per heavy atom. The maximum absolute atomic E-state index is 5.20. The monoisotopic (exact) mass is 425 g/mol. The van der Waals surface area contributed by atoms with Gasteiger partial charge in [0.1, 0.15) is 28.5 Å². The molecule has 0 fully saturated rings. The number of nitrogens with zero attached hydrogens (tertiary/aromatic N) is 4. The predicted molar refractivity (Wildman–Crippen MR) is 122 cm³/mol. The van der Waals surface area contributed by atoms with Crippen molar-refractivity contribution in [2.24, 2.45) is 0 Å². The van der Waals surface area contributed by atoms with E-state index in [2.05, 4.69) is 30.6 Å². The molecule has 158 valence electrons. The van der Waals surface area contributed by atoms with Gasteiger partial charge in [0, 0.05) is 11.3 Å². The molecule has 4 heterocycles. The molecule has 0 unspecified atom stereocenters. The van der Waals surface area contributed by atoms with Crippen molar-refractivity contribution in [2.45, 2.75) is 6.92 Å². The van der Waals surface area contributed by atoms with E-state index in [1.54, 1.807) is 19.6 Å². The summed E-state index contributed by atoms with van der Waals surface area (Å²) in [6, 6.07) is 15.7. The standard InChI is InChI=1S/C23H20N8O/c1-14-28-20(21-23(29-14)27-13-26-21)18-10-17(30-15-6-4-3-5-7-15)12-25-22(18)31-16-8-9-19(32-2)24-11-16/h3-13,30H,1-2H3,(H,25,31)(H,26,27,28,29)/p+1. The second kappa shape index (κ2) is 8.31. The molecule has 0 saturated heterocycles. The normalized spacial score (nSPS) is 10.8. The minimum absolute atomic E-state index is 0.609. The molecule has 0 saturated carbocycles. The summed E-state index contributed by atoms with van der Waals surface area (Å²) in [6.45, 7) is 1.85. The van der Waals surface area contributed by atoms with Crippen molar-refractivity contribution in [3.8, 4) is 17.1 Å². The van der Waals surface area contributed by atoms with Crippen molar-refractivity contribution in [2.75, 3.05) is 17.7 Å². The van der Waals surface area contributed by atoms with Gasteiger partial charge in [0.25, 0.3) is 0 Å². The third kappa shape index (κ3) is 3.91. The van der Waals surface area contributed by atoms with E-state index in [4.69, 9.17) is 14.7 Å². The molecule has 5 aromatic rings. The molecular weight excluding hydrogens is 404 g/mol. The molecule has 0 spiro atoms. The number of benzene rings is 1. The number of aromatic nitrogens is 6. The average molecular weight is 425 g/mol. The number of anilines is 4. The summed E-state index contributed by atoms with van der Waals surface area (Å²) in [7, 11) is 1.62. The van der Waals surface area contributed by atoms with E-state index in [1.165, 1.54) is 0 Å². The number of pyridine rings is 2. The molecule has 5 rings (SSSR count). The summed E-state index contributed by atoms with van der Waals surface area (Å²) in [5.41, 5.74) is 5.51. The lowest BCUT2D eigenvalue weighted by Gasteiger charge is -2.14. The van der Waals surface area contributed by atoms with Crippen LogP contribution in [-0.2, 0) is 0 Å². The lowest BCUT2D eigenvalue weighted by Crippen LogP contribution is -2.08. The van der Waals surface area contributed by atoms with E-state index in [1.807, 2.05) is 61.7 Å². The highest BCUT2D eigenvalue weighted by Gasteiger charge is 2.17. The van der Waals surface area contributed by atoms with Crippen molar-refractivity contribution < 1.29 is 9.72 Å². The zero-order valence-corrected chi connectivity index (χ0v) is 17.5. The first-order valence-corrected chi connectivity index (χ1v) is 10.0. The Hall–Kier alpha value is -4.53. The zero-order chi connectivity index (χ0) is 21.9. The smallest absolute Gasteiger partial charge is 0.365 e. The Bertz CT molecular complexity index is 1370. The van der Waals surface area contributed by atoms with Gasteiger partial charge in [-0.25, -0.2) is 19.9 Å². The molecule has 9 heteroatoms. The van der Waals surface area contributed by atoms with Gasteiger partial charge in [-0.15, -0.1) is 0 Å². The predicted octanol–water partition coefficient (Wildman–Crippen LogP) is 4.03. The number of imidazole rings is 1. The van der Waals surface area contributed by atoms with E-state index in [9.17, 15) is 0 Å². The number of methoxy groups -OCH3 is 1. The largest absolute Gasteiger partial charge is 0.448 e. The first-order valence-electron chi connectivity index (χ1n) is 10.0. The van der Waals surface area contributed by atoms with E-state index in [0.29, 0.717) is 28.9 Å². The van der Waals surface area contributed by atoms with Gasteiger partial charge in [0.2, 0.25) is 0 Å². The summed E-state index contributed by atoms with van der Waals surface area (Å²) >= 11 is 0. The van der Waals surface area contributed by atoms with E-state index in [0.717, 1.165) is 28.1 Å². The molecule has 4 N–H and O–H groups in total. The molecule has 32 heavy (non-hydrogen) atoms. The molecule has 0 atom stereocenters. The molecule has 9 nitrogen and oxygen atoms in total. The van der Waals surface area contributed by atoms with Crippen LogP contribution < -0.4 is 20.4 Å². The SMILES string of the molecule is COc1ccc(Nc2ncc(Nc3ccccc3)cc2-c2nc(C)nc3nc[nH]c23)c[nH+]1. The Balaban J connectivity index is 1.61. The highest BCUT2D eigenvalue weighted by Crippen LogP contribution is 2.33. The topological polar surface area (TPSA) is 115 Å². The van der Waals surface area contributed by atoms with Gasteiger partial charge in [-0.2, -0.15) is 4.98 Å². The van der Waals surface area contributed by atoms with Gasteiger partial charge in [0.05, 0.1) is 31.4 Å². The maximum atomic E-state index is 5.20. The molecule has 0 aliphatic rings. The third-order valence-electron chi connectivity index (χ3n) is 4.87. The fraction of sp³-hybridized carbons (Fsp3) is 0.0870. The number of hydrogen-bond donors (Lipinski definition) is 3. The molecule has 0 radical (unpaired) electrons. The molecule has 0 bridgehead atoms. The minimum Gasteiger partial charge on any atom is -0.448 e. The number of fused-ring (bicyclic) bond motifs is 1.